The number of halogens is 1. The first-order valence-corrected chi connectivity index (χ1v) is 10.2. The molecule has 1 aromatic heterocycles. The summed E-state index contributed by atoms with van der Waals surface area (Å²) in [6.07, 6.45) is 3.24. The lowest BCUT2D eigenvalue weighted by Gasteiger charge is -2.13. The van der Waals surface area contributed by atoms with Crippen LogP contribution in [0.5, 0.6) is 0 Å². The number of guanidine groups is 1. The van der Waals surface area contributed by atoms with Crippen molar-refractivity contribution in [3.8, 4) is 0 Å². The van der Waals surface area contributed by atoms with Crippen molar-refractivity contribution >= 4 is 22.8 Å². The van der Waals surface area contributed by atoms with Gasteiger partial charge in [-0.3, -0.25) is 9.79 Å². The van der Waals surface area contributed by atoms with Crippen molar-refractivity contribution in [2.75, 3.05) is 26.7 Å². The molecule has 1 heterocycles. The van der Waals surface area contributed by atoms with Crippen molar-refractivity contribution < 1.29 is 9.18 Å². The second-order valence-electron chi connectivity index (χ2n) is 7.00. The molecule has 0 aliphatic heterocycles. The van der Waals surface area contributed by atoms with Crippen LogP contribution in [-0.2, 0) is 17.8 Å². The summed E-state index contributed by atoms with van der Waals surface area (Å²) in [5.74, 6) is 0.234. The number of benzene rings is 2. The number of carbonyl (C=O) groups is 1. The maximum atomic E-state index is 13.2. The summed E-state index contributed by atoms with van der Waals surface area (Å²) in [7, 11) is 1.72. The number of fused-ring (bicyclic) bond motifs is 1. The summed E-state index contributed by atoms with van der Waals surface area (Å²) in [6.45, 7) is 2.73. The Balaban J connectivity index is 1.30. The summed E-state index contributed by atoms with van der Waals surface area (Å²) >= 11 is 0. The van der Waals surface area contributed by atoms with Crippen LogP contribution in [0.15, 0.2) is 65.8 Å². The topological polar surface area (TPSA) is 70.5 Å². The minimum absolute atomic E-state index is 0.135. The number of nitrogens with one attached hydrogen (secondary N) is 3. The summed E-state index contributed by atoms with van der Waals surface area (Å²) in [6, 6.07) is 16.6. The molecular weight excluding hydrogens is 381 g/mol. The highest BCUT2D eigenvalue weighted by Gasteiger charge is 2.04. The molecule has 0 saturated carbocycles. The van der Waals surface area contributed by atoms with E-state index in [2.05, 4.69) is 56.0 Å². The summed E-state index contributed by atoms with van der Waals surface area (Å²) in [5.41, 5.74) is 1.90. The molecule has 0 aliphatic carbocycles. The molecule has 0 atom stereocenters. The van der Waals surface area contributed by atoms with Crippen molar-refractivity contribution in [2.45, 2.75) is 19.4 Å². The van der Waals surface area contributed by atoms with E-state index in [1.165, 1.54) is 23.0 Å². The molecule has 7 heteroatoms. The zero-order chi connectivity index (χ0) is 21.2. The molecule has 0 unspecified atom stereocenters. The molecule has 0 spiro atoms. The first-order valence-electron chi connectivity index (χ1n) is 10.2. The zero-order valence-electron chi connectivity index (χ0n) is 17.2. The fraction of sp³-hybridized carbons (Fsp3) is 0.304. The highest BCUT2D eigenvalue weighted by molar-refractivity contribution is 5.81. The molecule has 3 aromatic rings. The van der Waals surface area contributed by atoms with Crippen LogP contribution in [0.1, 0.15) is 12.0 Å². The average Bonchev–Trinajstić information content (AvgIpc) is 3.16. The number of aromatic nitrogens is 1. The summed E-state index contributed by atoms with van der Waals surface area (Å²) in [4.78, 5) is 16.1. The van der Waals surface area contributed by atoms with Crippen LogP contribution in [0.4, 0.5) is 4.39 Å². The number of hydrogen-bond acceptors (Lipinski definition) is 2. The molecule has 6 nitrogen and oxygen atoms in total. The Bertz CT molecular complexity index is 998. The second kappa shape index (κ2) is 11.0. The quantitative estimate of drug-likeness (QED) is 0.289. The lowest BCUT2D eigenvalue weighted by molar-refractivity contribution is -0.120. The number of aryl methyl sites for hydroxylation is 1. The standard InChI is InChI=1S/C23H28FN5O/c1-25-23(27-11-5-14-29-15-10-19-7-2-3-9-21(19)29)28-13-12-26-22(30)17-18-6-4-8-20(24)16-18/h2-4,6-10,15-16H,5,11-14,17H2,1H3,(H,26,30)(H2,25,27,28). The van der Waals surface area contributed by atoms with Gasteiger partial charge in [-0.15, -0.1) is 0 Å². The molecule has 158 valence electrons. The van der Waals surface area contributed by atoms with Gasteiger partial charge in [0.25, 0.3) is 0 Å². The van der Waals surface area contributed by atoms with E-state index in [0.717, 1.165) is 19.5 Å². The van der Waals surface area contributed by atoms with E-state index >= 15 is 0 Å². The van der Waals surface area contributed by atoms with Crippen LogP contribution in [0, 0.1) is 5.82 Å². The van der Waals surface area contributed by atoms with Crippen LogP contribution in [0.2, 0.25) is 0 Å². The minimum Gasteiger partial charge on any atom is -0.356 e. The monoisotopic (exact) mass is 409 g/mol. The van der Waals surface area contributed by atoms with Crippen molar-refractivity contribution in [3.63, 3.8) is 0 Å². The van der Waals surface area contributed by atoms with Crippen molar-refractivity contribution in [2.24, 2.45) is 4.99 Å². The van der Waals surface area contributed by atoms with Gasteiger partial charge in [-0.25, -0.2) is 4.39 Å². The van der Waals surface area contributed by atoms with Crippen LogP contribution < -0.4 is 16.0 Å². The summed E-state index contributed by atoms with van der Waals surface area (Å²) < 4.78 is 15.4. The first kappa shape index (κ1) is 21.4. The molecule has 0 radical (unpaired) electrons. The van der Waals surface area contributed by atoms with E-state index in [0.29, 0.717) is 24.6 Å². The maximum Gasteiger partial charge on any atom is 0.224 e. The molecule has 3 rings (SSSR count). The number of aliphatic imine (C=N–C) groups is 1. The predicted molar refractivity (Wildman–Crippen MR) is 119 cm³/mol. The predicted octanol–water partition coefficient (Wildman–Crippen LogP) is 2.69. The Hall–Kier alpha value is -3.35. The van der Waals surface area contributed by atoms with Crippen LogP contribution in [0.25, 0.3) is 10.9 Å². The molecule has 0 aliphatic rings. The van der Waals surface area contributed by atoms with Gasteiger partial charge in [-0.2, -0.15) is 0 Å². The molecular formula is C23H28FN5O. The third kappa shape index (κ3) is 6.34. The molecule has 30 heavy (non-hydrogen) atoms. The van der Waals surface area contributed by atoms with Gasteiger partial charge in [-0.1, -0.05) is 30.3 Å². The molecule has 0 saturated heterocycles. The Kier molecular flexibility index (Phi) is 7.83. The van der Waals surface area contributed by atoms with E-state index in [9.17, 15) is 9.18 Å². The lowest BCUT2D eigenvalue weighted by Crippen LogP contribution is -2.42. The van der Waals surface area contributed by atoms with Gasteiger partial charge in [-0.05, 0) is 41.6 Å². The number of rotatable bonds is 9. The van der Waals surface area contributed by atoms with Gasteiger partial charge in [0, 0.05) is 44.9 Å². The van der Waals surface area contributed by atoms with Gasteiger partial charge in [0.15, 0.2) is 5.96 Å². The molecule has 3 N–H and O–H groups in total. The number of nitrogens with zero attached hydrogens (tertiary/aromatic N) is 2. The fourth-order valence-electron chi connectivity index (χ4n) is 3.29. The van der Waals surface area contributed by atoms with Crippen molar-refractivity contribution in [1.82, 2.24) is 20.5 Å². The smallest absolute Gasteiger partial charge is 0.224 e. The van der Waals surface area contributed by atoms with Crippen LogP contribution in [0.3, 0.4) is 0 Å². The van der Waals surface area contributed by atoms with Crippen LogP contribution >= 0.6 is 0 Å². The lowest BCUT2D eigenvalue weighted by atomic mass is 10.1. The highest BCUT2D eigenvalue weighted by atomic mass is 19.1. The Labute approximate surface area is 176 Å². The molecule has 0 bridgehead atoms. The fourth-order valence-corrected chi connectivity index (χ4v) is 3.29. The third-order valence-electron chi connectivity index (χ3n) is 4.77. The molecule has 2 aromatic carbocycles. The maximum absolute atomic E-state index is 13.2. The van der Waals surface area contributed by atoms with Gasteiger partial charge in [0.2, 0.25) is 5.91 Å². The number of para-hydroxylation sites is 1. The second-order valence-corrected chi connectivity index (χ2v) is 7.00. The normalized spacial score (nSPS) is 11.5. The number of amides is 1. The first-order chi connectivity index (χ1) is 14.7. The minimum atomic E-state index is -0.332. The Morgan fingerprint density at radius 2 is 1.80 bits per heavy atom. The summed E-state index contributed by atoms with van der Waals surface area (Å²) in [5, 5.41) is 10.5. The van der Waals surface area contributed by atoms with E-state index in [-0.39, 0.29) is 18.1 Å². The van der Waals surface area contributed by atoms with E-state index in [1.807, 2.05) is 6.07 Å². The van der Waals surface area contributed by atoms with E-state index in [1.54, 1.807) is 19.2 Å². The van der Waals surface area contributed by atoms with Gasteiger partial charge in [0.1, 0.15) is 5.82 Å². The van der Waals surface area contributed by atoms with Gasteiger partial charge >= 0.3 is 0 Å². The molecule has 1 amide bonds. The van der Waals surface area contributed by atoms with E-state index < -0.39 is 0 Å². The van der Waals surface area contributed by atoms with Crippen LogP contribution in [-0.4, -0.2) is 43.1 Å². The number of carbonyl (C=O) groups excluding carboxylic acids is 1. The third-order valence-corrected chi connectivity index (χ3v) is 4.77. The zero-order valence-corrected chi connectivity index (χ0v) is 17.2. The van der Waals surface area contributed by atoms with Gasteiger partial charge < -0.3 is 20.5 Å². The Morgan fingerprint density at radius 1 is 1.00 bits per heavy atom. The van der Waals surface area contributed by atoms with Crippen molar-refractivity contribution in [3.05, 3.63) is 72.2 Å². The Morgan fingerprint density at radius 3 is 2.63 bits per heavy atom. The number of hydrogen-bond donors (Lipinski definition) is 3. The average molecular weight is 410 g/mol. The highest BCUT2D eigenvalue weighted by Crippen LogP contribution is 2.15. The van der Waals surface area contributed by atoms with E-state index in [4.69, 9.17) is 0 Å². The SMILES string of the molecule is CN=C(NCCCn1ccc2ccccc21)NCCNC(=O)Cc1cccc(F)c1. The van der Waals surface area contributed by atoms with Crippen molar-refractivity contribution in [1.29, 1.82) is 0 Å². The van der Waals surface area contributed by atoms with Gasteiger partial charge in [0.05, 0.1) is 6.42 Å². The molecule has 0 fully saturated rings. The largest absolute Gasteiger partial charge is 0.356 e.